The van der Waals surface area contributed by atoms with E-state index in [-0.39, 0.29) is 6.04 Å². The summed E-state index contributed by atoms with van der Waals surface area (Å²) in [4.78, 5) is 0. The molecule has 2 rings (SSSR count). The van der Waals surface area contributed by atoms with Gasteiger partial charge in [0.05, 0.1) is 17.8 Å². The first-order valence-corrected chi connectivity index (χ1v) is 5.46. The molecule has 0 amide bonds. The molecule has 1 atom stereocenters. The van der Waals surface area contributed by atoms with Crippen LogP contribution in [-0.2, 0) is 0 Å². The molecular formula is C9H12N4OS. The average Bonchev–Trinajstić information content (AvgIpc) is 2.84. The van der Waals surface area contributed by atoms with Crippen LogP contribution < -0.4 is 5.32 Å². The van der Waals surface area contributed by atoms with Crippen molar-refractivity contribution in [2.45, 2.75) is 19.9 Å². The molecule has 15 heavy (non-hydrogen) atoms. The van der Waals surface area contributed by atoms with Crippen LogP contribution in [0.3, 0.4) is 0 Å². The smallest absolute Gasteiger partial charge is 0.153 e. The van der Waals surface area contributed by atoms with Gasteiger partial charge in [0.2, 0.25) is 0 Å². The van der Waals surface area contributed by atoms with E-state index >= 15 is 0 Å². The number of nitrogens with zero attached hydrogens (tertiary/aromatic N) is 3. The molecule has 0 aliphatic carbocycles. The molecular weight excluding hydrogens is 212 g/mol. The van der Waals surface area contributed by atoms with Crippen molar-refractivity contribution in [3.63, 3.8) is 0 Å². The van der Waals surface area contributed by atoms with E-state index < -0.39 is 0 Å². The van der Waals surface area contributed by atoms with E-state index in [1.54, 1.807) is 17.5 Å². The van der Waals surface area contributed by atoms with Crippen LogP contribution in [0.2, 0.25) is 0 Å². The predicted molar refractivity (Wildman–Crippen MR) is 57.6 cm³/mol. The van der Waals surface area contributed by atoms with E-state index in [2.05, 4.69) is 20.7 Å². The summed E-state index contributed by atoms with van der Waals surface area (Å²) < 4.78 is 4.99. The Labute approximate surface area is 91.5 Å². The maximum absolute atomic E-state index is 4.99. The molecule has 80 valence electrons. The quantitative estimate of drug-likeness (QED) is 0.861. The summed E-state index contributed by atoms with van der Waals surface area (Å²) in [7, 11) is 1.90. The normalized spacial score (nSPS) is 13.0. The zero-order valence-corrected chi connectivity index (χ0v) is 9.63. The monoisotopic (exact) mass is 224 g/mol. The Hall–Kier alpha value is -1.27. The SMILES string of the molecule is CNC(C)c1nnc(-c2cnoc2C)s1. The number of nitrogens with one attached hydrogen (secondary N) is 1. The minimum absolute atomic E-state index is 0.219. The van der Waals surface area contributed by atoms with E-state index in [0.29, 0.717) is 0 Å². The lowest BCUT2D eigenvalue weighted by Crippen LogP contribution is -2.11. The van der Waals surface area contributed by atoms with Gasteiger partial charge in [-0.05, 0) is 20.9 Å². The average molecular weight is 224 g/mol. The summed E-state index contributed by atoms with van der Waals surface area (Å²) in [6.45, 7) is 3.91. The topological polar surface area (TPSA) is 63.8 Å². The van der Waals surface area contributed by atoms with Crippen LogP contribution in [0.5, 0.6) is 0 Å². The summed E-state index contributed by atoms with van der Waals surface area (Å²) in [5, 5.41) is 16.9. The Kier molecular flexibility index (Phi) is 2.79. The first-order valence-electron chi connectivity index (χ1n) is 4.64. The van der Waals surface area contributed by atoms with Crippen LogP contribution in [0.25, 0.3) is 10.6 Å². The Morgan fingerprint density at radius 2 is 2.27 bits per heavy atom. The van der Waals surface area contributed by atoms with Crippen molar-refractivity contribution in [2.24, 2.45) is 0 Å². The Bertz CT molecular complexity index is 450. The summed E-state index contributed by atoms with van der Waals surface area (Å²) in [5.41, 5.74) is 0.919. The van der Waals surface area contributed by atoms with Gasteiger partial charge in [-0.15, -0.1) is 10.2 Å². The first kappa shape index (κ1) is 10.3. The van der Waals surface area contributed by atoms with Crippen molar-refractivity contribution in [2.75, 3.05) is 7.05 Å². The fourth-order valence-electron chi connectivity index (χ4n) is 1.15. The zero-order valence-electron chi connectivity index (χ0n) is 8.81. The molecule has 0 saturated heterocycles. The maximum atomic E-state index is 4.99. The van der Waals surface area contributed by atoms with Gasteiger partial charge in [0.15, 0.2) is 5.01 Å². The minimum atomic E-state index is 0.219. The molecule has 0 bridgehead atoms. The lowest BCUT2D eigenvalue weighted by atomic mass is 10.3. The van der Waals surface area contributed by atoms with Crippen molar-refractivity contribution >= 4 is 11.3 Å². The second kappa shape index (κ2) is 4.08. The maximum Gasteiger partial charge on any atom is 0.153 e. The molecule has 1 unspecified atom stereocenters. The molecule has 0 saturated carbocycles. The molecule has 6 heteroatoms. The molecule has 0 radical (unpaired) electrons. The molecule has 0 spiro atoms. The highest BCUT2D eigenvalue weighted by atomic mass is 32.1. The van der Waals surface area contributed by atoms with E-state index in [1.165, 1.54) is 0 Å². The summed E-state index contributed by atoms with van der Waals surface area (Å²) in [6.07, 6.45) is 1.67. The largest absolute Gasteiger partial charge is 0.361 e. The highest BCUT2D eigenvalue weighted by molar-refractivity contribution is 7.14. The minimum Gasteiger partial charge on any atom is -0.361 e. The van der Waals surface area contributed by atoms with Crippen molar-refractivity contribution in [1.29, 1.82) is 0 Å². The molecule has 0 fully saturated rings. The fourth-order valence-corrected chi connectivity index (χ4v) is 2.11. The van der Waals surface area contributed by atoms with Crippen LogP contribution in [-0.4, -0.2) is 22.4 Å². The van der Waals surface area contributed by atoms with Crippen molar-refractivity contribution in [3.05, 3.63) is 17.0 Å². The van der Waals surface area contributed by atoms with Gasteiger partial charge in [-0.25, -0.2) is 0 Å². The van der Waals surface area contributed by atoms with E-state index in [1.807, 2.05) is 20.9 Å². The van der Waals surface area contributed by atoms with Gasteiger partial charge in [-0.3, -0.25) is 0 Å². The second-order valence-corrected chi connectivity index (χ2v) is 4.26. The molecule has 1 N–H and O–H groups in total. The summed E-state index contributed by atoms with van der Waals surface area (Å²) >= 11 is 1.55. The Balaban J connectivity index is 2.32. The molecule has 2 aromatic rings. The van der Waals surface area contributed by atoms with Crippen LogP contribution in [0.1, 0.15) is 23.7 Å². The van der Waals surface area contributed by atoms with Crippen LogP contribution in [0.15, 0.2) is 10.7 Å². The number of rotatable bonds is 3. The molecule has 2 aromatic heterocycles. The highest BCUT2D eigenvalue weighted by Gasteiger charge is 2.14. The van der Waals surface area contributed by atoms with E-state index in [9.17, 15) is 0 Å². The Morgan fingerprint density at radius 1 is 1.47 bits per heavy atom. The third-order valence-corrected chi connectivity index (χ3v) is 3.36. The predicted octanol–water partition coefficient (Wildman–Crippen LogP) is 1.78. The van der Waals surface area contributed by atoms with Gasteiger partial charge in [0.1, 0.15) is 10.8 Å². The lowest BCUT2D eigenvalue weighted by Gasteiger charge is -2.02. The van der Waals surface area contributed by atoms with Gasteiger partial charge >= 0.3 is 0 Å². The third-order valence-electron chi connectivity index (χ3n) is 2.23. The molecule has 2 heterocycles. The Morgan fingerprint density at radius 3 is 2.87 bits per heavy atom. The van der Waals surface area contributed by atoms with Crippen LogP contribution in [0.4, 0.5) is 0 Å². The fraction of sp³-hybridized carbons (Fsp3) is 0.444. The van der Waals surface area contributed by atoms with Crippen molar-refractivity contribution in [1.82, 2.24) is 20.7 Å². The molecule has 5 nitrogen and oxygen atoms in total. The third kappa shape index (κ3) is 1.91. The van der Waals surface area contributed by atoms with Gasteiger partial charge in [-0.2, -0.15) is 0 Å². The molecule has 0 aromatic carbocycles. The van der Waals surface area contributed by atoms with E-state index in [0.717, 1.165) is 21.3 Å². The number of aryl methyl sites for hydroxylation is 1. The second-order valence-electron chi connectivity index (χ2n) is 3.25. The van der Waals surface area contributed by atoms with Gasteiger partial charge < -0.3 is 9.84 Å². The summed E-state index contributed by atoms with van der Waals surface area (Å²) in [5.74, 6) is 0.773. The van der Waals surface area contributed by atoms with Crippen molar-refractivity contribution in [3.8, 4) is 10.6 Å². The highest BCUT2D eigenvalue weighted by Crippen LogP contribution is 2.28. The van der Waals surface area contributed by atoms with Crippen LogP contribution >= 0.6 is 11.3 Å². The van der Waals surface area contributed by atoms with Gasteiger partial charge in [0, 0.05) is 0 Å². The number of hydrogen-bond acceptors (Lipinski definition) is 6. The number of hydrogen-bond donors (Lipinski definition) is 1. The summed E-state index contributed by atoms with van der Waals surface area (Å²) in [6, 6.07) is 0.219. The molecule has 0 aliphatic heterocycles. The standard InChI is InChI=1S/C9H12N4OS/c1-5(10-3)8-12-13-9(15-8)7-4-11-14-6(7)2/h4-5,10H,1-3H3. The zero-order chi connectivity index (χ0) is 10.8. The van der Waals surface area contributed by atoms with Gasteiger partial charge in [-0.1, -0.05) is 16.5 Å². The lowest BCUT2D eigenvalue weighted by molar-refractivity contribution is 0.398. The number of aromatic nitrogens is 3. The first-order chi connectivity index (χ1) is 7.22. The van der Waals surface area contributed by atoms with Gasteiger partial charge in [0.25, 0.3) is 0 Å². The molecule has 0 aliphatic rings. The van der Waals surface area contributed by atoms with Crippen LogP contribution in [0, 0.1) is 6.92 Å². The van der Waals surface area contributed by atoms with Crippen molar-refractivity contribution < 1.29 is 4.52 Å². The van der Waals surface area contributed by atoms with E-state index in [4.69, 9.17) is 4.52 Å².